The molecule has 0 radical (unpaired) electrons. The number of carboxylic acids is 1. The first-order valence-corrected chi connectivity index (χ1v) is 7.23. The van der Waals surface area contributed by atoms with E-state index in [2.05, 4.69) is 34.1 Å². The van der Waals surface area contributed by atoms with E-state index in [0.717, 1.165) is 31.7 Å². The Hall–Kier alpha value is -2.36. The average Bonchev–Trinajstić information content (AvgIpc) is 2.56. The first-order valence-electron chi connectivity index (χ1n) is 7.23. The van der Waals surface area contributed by atoms with Crippen LogP contribution in [0.4, 0.5) is 5.82 Å². The van der Waals surface area contributed by atoms with Crippen molar-refractivity contribution in [3.8, 4) is 0 Å². The molecule has 4 nitrogen and oxygen atoms in total. The predicted octanol–water partition coefficient (Wildman–Crippen LogP) is 3.16. The molecule has 108 valence electrons. The number of aromatic nitrogens is 1. The van der Waals surface area contributed by atoms with Gasteiger partial charge in [0.25, 0.3) is 0 Å². The highest BCUT2D eigenvalue weighted by Crippen LogP contribution is 2.29. The number of piperidine rings is 1. The number of nitrogens with zero attached hydrogens (tertiary/aromatic N) is 2. The van der Waals surface area contributed by atoms with Crippen LogP contribution in [0.15, 0.2) is 48.7 Å². The molecule has 21 heavy (non-hydrogen) atoms. The minimum Gasteiger partial charge on any atom is -0.478 e. The minimum atomic E-state index is -0.933. The molecule has 0 bridgehead atoms. The maximum atomic E-state index is 10.8. The molecule has 1 aliphatic rings. The second-order valence-electron chi connectivity index (χ2n) is 5.38. The quantitative estimate of drug-likeness (QED) is 0.939. The van der Waals surface area contributed by atoms with Crippen LogP contribution in [0.25, 0.3) is 0 Å². The lowest BCUT2D eigenvalue weighted by atomic mass is 9.89. The molecule has 2 aromatic rings. The Morgan fingerprint density at radius 1 is 1.10 bits per heavy atom. The molecule has 1 fully saturated rings. The minimum absolute atomic E-state index is 0.234. The number of carboxylic acid groups (broad SMARTS) is 1. The van der Waals surface area contributed by atoms with Crippen molar-refractivity contribution in [3.05, 3.63) is 59.8 Å². The van der Waals surface area contributed by atoms with Crippen LogP contribution in [-0.2, 0) is 0 Å². The zero-order valence-corrected chi connectivity index (χ0v) is 11.8. The van der Waals surface area contributed by atoms with Crippen LogP contribution < -0.4 is 4.90 Å². The topological polar surface area (TPSA) is 53.4 Å². The van der Waals surface area contributed by atoms with Crippen LogP contribution in [-0.4, -0.2) is 29.1 Å². The fourth-order valence-electron chi connectivity index (χ4n) is 2.87. The average molecular weight is 282 g/mol. The van der Waals surface area contributed by atoms with Gasteiger partial charge >= 0.3 is 5.97 Å². The van der Waals surface area contributed by atoms with Gasteiger partial charge in [-0.05, 0) is 36.5 Å². The highest BCUT2D eigenvalue weighted by atomic mass is 16.4. The molecule has 1 N–H and O–H groups in total. The Morgan fingerprint density at radius 2 is 1.81 bits per heavy atom. The van der Waals surface area contributed by atoms with Gasteiger partial charge in [-0.15, -0.1) is 0 Å². The summed E-state index contributed by atoms with van der Waals surface area (Å²) in [5.41, 5.74) is 1.64. The molecule has 1 saturated heterocycles. The Bertz CT molecular complexity index is 602. The van der Waals surface area contributed by atoms with Crippen molar-refractivity contribution in [2.24, 2.45) is 0 Å². The number of aromatic carboxylic acids is 1. The molecule has 0 saturated carbocycles. The van der Waals surface area contributed by atoms with Gasteiger partial charge in [-0.25, -0.2) is 9.78 Å². The summed E-state index contributed by atoms with van der Waals surface area (Å²) in [4.78, 5) is 17.3. The molecule has 3 rings (SSSR count). The lowest BCUT2D eigenvalue weighted by Crippen LogP contribution is -2.33. The molecule has 0 unspecified atom stereocenters. The van der Waals surface area contributed by atoms with E-state index in [1.165, 1.54) is 11.8 Å². The summed E-state index contributed by atoms with van der Waals surface area (Å²) in [5.74, 6) is 0.545. The van der Waals surface area contributed by atoms with E-state index >= 15 is 0 Å². The number of hydrogen-bond donors (Lipinski definition) is 1. The highest BCUT2D eigenvalue weighted by Gasteiger charge is 2.21. The first-order chi connectivity index (χ1) is 10.2. The molecular formula is C17H18N2O2. The monoisotopic (exact) mass is 282 g/mol. The van der Waals surface area contributed by atoms with Gasteiger partial charge in [0, 0.05) is 19.3 Å². The smallest absolute Gasteiger partial charge is 0.337 e. The molecule has 0 amide bonds. The van der Waals surface area contributed by atoms with Crippen LogP contribution >= 0.6 is 0 Å². The number of benzene rings is 1. The second kappa shape index (κ2) is 5.95. The zero-order valence-electron chi connectivity index (χ0n) is 11.8. The van der Waals surface area contributed by atoms with E-state index < -0.39 is 5.97 Å². The maximum Gasteiger partial charge on any atom is 0.337 e. The highest BCUT2D eigenvalue weighted by molar-refractivity contribution is 5.87. The van der Waals surface area contributed by atoms with Gasteiger partial charge in [0.1, 0.15) is 5.82 Å². The van der Waals surface area contributed by atoms with Crippen molar-refractivity contribution in [3.63, 3.8) is 0 Å². The van der Waals surface area contributed by atoms with Gasteiger partial charge in [-0.3, -0.25) is 0 Å². The normalized spacial score (nSPS) is 15.9. The van der Waals surface area contributed by atoms with Crippen LogP contribution in [0.3, 0.4) is 0 Å². The van der Waals surface area contributed by atoms with Crippen molar-refractivity contribution >= 4 is 11.8 Å². The fraction of sp³-hybridized carbons (Fsp3) is 0.294. The molecule has 2 heterocycles. The van der Waals surface area contributed by atoms with E-state index in [-0.39, 0.29) is 5.56 Å². The van der Waals surface area contributed by atoms with Crippen molar-refractivity contribution in [1.82, 2.24) is 4.98 Å². The summed E-state index contributed by atoms with van der Waals surface area (Å²) in [5, 5.41) is 8.89. The van der Waals surface area contributed by atoms with Gasteiger partial charge in [0.05, 0.1) is 5.56 Å². The number of rotatable bonds is 3. The van der Waals surface area contributed by atoms with Crippen LogP contribution in [0.2, 0.25) is 0 Å². The van der Waals surface area contributed by atoms with Crippen molar-refractivity contribution in [1.29, 1.82) is 0 Å². The predicted molar refractivity (Wildman–Crippen MR) is 81.8 cm³/mol. The molecule has 0 aliphatic carbocycles. The molecule has 1 aromatic carbocycles. The maximum absolute atomic E-state index is 10.8. The summed E-state index contributed by atoms with van der Waals surface area (Å²) < 4.78 is 0. The lowest BCUT2D eigenvalue weighted by Gasteiger charge is -2.33. The number of hydrogen-bond acceptors (Lipinski definition) is 3. The van der Waals surface area contributed by atoms with Gasteiger partial charge in [0.2, 0.25) is 0 Å². The Balaban J connectivity index is 1.64. The fourth-order valence-corrected chi connectivity index (χ4v) is 2.87. The molecule has 1 aromatic heterocycles. The third-order valence-electron chi connectivity index (χ3n) is 4.08. The standard InChI is InChI=1S/C17H18N2O2/c20-17(21)15-6-7-16(18-12-15)19-10-8-14(9-11-19)13-4-2-1-3-5-13/h1-7,12,14H,8-11H2,(H,20,21). The molecule has 4 heteroatoms. The van der Waals surface area contributed by atoms with Gasteiger partial charge < -0.3 is 10.0 Å². The summed E-state index contributed by atoms with van der Waals surface area (Å²) >= 11 is 0. The third-order valence-corrected chi connectivity index (χ3v) is 4.08. The summed E-state index contributed by atoms with van der Waals surface area (Å²) in [6.45, 7) is 1.91. The van der Waals surface area contributed by atoms with Crippen LogP contribution in [0, 0.1) is 0 Å². The number of pyridine rings is 1. The molecule has 0 spiro atoms. The SMILES string of the molecule is O=C(O)c1ccc(N2CCC(c3ccccc3)CC2)nc1. The van der Waals surface area contributed by atoms with Crippen molar-refractivity contribution in [2.75, 3.05) is 18.0 Å². The lowest BCUT2D eigenvalue weighted by molar-refractivity contribution is 0.0696. The Morgan fingerprint density at radius 3 is 2.38 bits per heavy atom. The van der Waals surface area contributed by atoms with E-state index in [4.69, 9.17) is 5.11 Å². The van der Waals surface area contributed by atoms with Gasteiger partial charge in [0.15, 0.2) is 0 Å². The number of anilines is 1. The second-order valence-corrected chi connectivity index (χ2v) is 5.38. The van der Waals surface area contributed by atoms with E-state index in [0.29, 0.717) is 5.92 Å². The summed E-state index contributed by atoms with van der Waals surface area (Å²) in [6, 6.07) is 14.0. The van der Waals surface area contributed by atoms with Crippen molar-refractivity contribution < 1.29 is 9.90 Å². The zero-order chi connectivity index (χ0) is 14.7. The van der Waals surface area contributed by atoms with Crippen molar-refractivity contribution in [2.45, 2.75) is 18.8 Å². The molecule has 1 aliphatic heterocycles. The molecule has 0 atom stereocenters. The van der Waals surface area contributed by atoms with E-state index in [1.54, 1.807) is 12.1 Å². The van der Waals surface area contributed by atoms with E-state index in [9.17, 15) is 4.79 Å². The number of carbonyl (C=O) groups is 1. The van der Waals surface area contributed by atoms with Crippen LogP contribution in [0.1, 0.15) is 34.7 Å². The van der Waals surface area contributed by atoms with Gasteiger partial charge in [-0.1, -0.05) is 30.3 Å². The summed E-state index contributed by atoms with van der Waals surface area (Å²) in [6.07, 6.45) is 3.64. The Labute approximate surface area is 124 Å². The third kappa shape index (κ3) is 3.05. The summed E-state index contributed by atoms with van der Waals surface area (Å²) in [7, 11) is 0. The van der Waals surface area contributed by atoms with Crippen LogP contribution in [0.5, 0.6) is 0 Å². The van der Waals surface area contributed by atoms with E-state index in [1.807, 2.05) is 6.07 Å². The largest absolute Gasteiger partial charge is 0.478 e. The first kappa shape index (κ1) is 13.6. The molecular weight excluding hydrogens is 264 g/mol. The Kier molecular flexibility index (Phi) is 3.86. The van der Waals surface area contributed by atoms with Gasteiger partial charge in [-0.2, -0.15) is 0 Å².